The highest BCUT2D eigenvalue weighted by Gasteiger charge is 2.21. The van der Waals surface area contributed by atoms with Crippen molar-refractivity contribution in [2.24, 2.45) is 0 Å². The van der Waals surface area contributed by atoms with Crippen LogP contribution in [0.15, 0.2) is 54.9 Å². The third kappa shape index (κ3) is 3.66. The van der Waals surface area contributed by atoms with Crippen LogP contribution in [0.5, 0.6) is 0 Å². The zero-order valence-corrected chi connectivity index (χ0v) is 16.4. The number of nitriles is 1. The lowest BCUT2D eigenvalue weighted by Gasteiger charge is -2.10. The van der Waals surface area contributed by atoms with Crippen LogP contribution < -0.4 is 5.73 Å². The molecule has 29 heavy (non-hydrogen) atoms. The predicted octanol–water partition coefficient (Wildman–Crippen LogP) is 3.21. The van der Waals surface area contributed by atoms with E-state index < -0.39 is 0 Å². The lowest BCUT2D eigenvalue weighted by molar-refractivity contribution is 0.402. The molecule has 0 bridgehead atoms. The molecule has 7 heteroatoms. The van der Waals surface area contributed by atoms with Crippen LogP contribution in [0.4, 0.5) is 5.95 Å². The van der Waals surface area contributed by atoms with Gasteiger partial charge in [0.2, 0.25) is 5.95 Å². The minimum Gasteiger partial charge on any atom is -0.368 e. The molecule has 4 rings (SSSR count). The van der Waals surface area contributed by atoms with E-state index in [1.807, 2.05) is 42.9 Å². The van der Waals surface area contributed by atoms with Gasteiger partial charge >= 0.3 is 0 Å². The summed E-state index contributed by atoms with van der Waals surface area (Å²) in [6.07, 6.45) is 14.4. The average molecular weight is 383 g/mol. The maximum atomic E-state index is 9.63. The highest BCUT2D eigenvalue weighted by molar-refractivity contribution is 5.85. The molecule has 0 aliphatic heterocycles. The number of hydrogen-bond donors (Lipinski definition) is 1. The molecule has 0 amide bonds. The first-order chi connectivity index (χ1) is 14.1. The van der Waals surface area contributed by atoms with Crippen molar-refractivity contribution >= 4 is 17.2 Å². The second-order valence-electron chi connectivity index (χ2n) is 7.09. The highest BCUT2D eigenvalue weighted by atomic mass is 15.1. The number of fused-ring (bicyclic) bond motifs is 1. The molecule has 0 fully saturated rings. The van der Waals surface area contributed by atoms with Crippen LogP contribution in [-0.2, 0) is 6.54 Å². The van der Waals surface area contributed by atoms with Gasteiger partial charge in [-0.2, -0.15) is 5.26 Å². The van der Waals surface area contributed by atoms with E-state index in [4.69, 9.17) is 10.7 Å². The number of imidazole rings is 1. The largest absolute Gasteiger partial charge is 0.368 e. The van der Waals surface area contributed by atoms with E-state index in [1.165, 1.54) is 6.20 Å². The summed E-state index contributed by atoms with van der Waals surface area (Å²) in [4.78, 5) is 15.4. The second kappa shape index (κ2) is 7.70. The molecule has 144 valence electrons. The van der Waals surface area contributed by atoms with Crippen molar-refractivity contribution in [3.8, 4) is 17.5 Å². The SMILES string of the molecule is CN(C)Cc1ccn2c(-c3nc(N)ncc3C#N)c(C3=CCC=CC=C3)nc2c1. The fourth-order valence-electron chi connectivity index (χ4n) is 3.39. The Kier molecular flexibility index (Phi) is 4.94. The second-order valence-corrected chi connectivity index (χ2v) is 7.09. The standard InChI is InChI=1S/C22H21N7/c1-28(2)14-15-9-10-29-18(11-15)26-19(16-7-5-3-4-6-8-16)21(29)20-17(12-23)13-25-22(24)27-20/h3-5,7-11,13H,6,14H2,1-2H3,(H2,24,25,27). The zero-order valence-electron chi connectivity index (χ0n) is 16.4. The summed E-state index contributed by atoms with van der Waals surface area (Å²) < 4.78 is 1.96. The molecule has 2 N–H and O–H groups in total. The molecule has 0 atom stereocenters. The normalized spacial score (nSPS) is 13.5. The van der Waals surface area contributed by atoms with Gasteiger partial charge in [0.15, 0.2) is 0 Å². The summed E-state index contributed by atoms with van der Waals surface area (Å²) in [5.74, 6) is 0.121. The molecule has 3 aromatic heterocycles. The minimum absolute atomic E-state index is 0.121. The molecule has 0 unspecified atom stereocenters. The van der Waals surface area contributed by atoms with Crippen molar-refractivity contribution in [3.05, 3.63) is 71.7 Å². The van der Waals surface area contributed by atoms with E-state index in [-0.39, 0.29) is 5.95 Å². The van der Waals surface area contributed by atoms with Gasteiger partial charge in [-0.05, 0) is 43.8 Å². The maximum Gasteiger partial charge on any atom is 0.220 e. The Balaban J connectivity index is 2.00. The van der Waals surface area contributed by atoms with Gasteiger partial charge < -0.3 is 10.6 Å². The lowest BCUT2D eigenvalue weighted by atomic mass is 10.1. The Morgan fingerprint density at radius 3 is 2.90 bits per heavy atom. The number of pyridine rings is 1. The average Bonchev–Trinajstić information content (AvgIpc) is 2.86. The van der Waals surface area contributed by atoms with Gasteiger partial charge in [0, 0.05) is 12.7 Å². The van der Waals surface area contributed by atoms with Crippen LogP contribution in [0.25, 0.3) is 22.6 Å². The molecule has 3 aromatic rings. The van der Waals surface area contributed by atoms with Crippen molar-refractivity contribution in [2.45, 2.75) is 13.0 Å². The fraction of sp³-hybridized carbons (Fsp3) is 0.182. The van der Waals surface area contributed by atoms with Gasteiger partial charge in [-0.25, -0.2) is 15.0 Å². The van der Waals surface area contributed by atoms with Crippen molar-refractivity contribution in [3.63, 3.8) is 0 Å². The number of rotatable bonds is 4. The number of allylic oxidation sites excluding steroid dienone is 6. The molecule has 0 aromatic carbocycles. The van der Waals surface area contributed by atoms with Crippen LogP contribution in [0.2, 0.25) is 0 Å². The number of nitrogens with two attached hydrogens (primary N) is 1. The van der Waals surface area contributed by atoms with Gasteiger partial charge in [-0.1, -0.05) is 30.4 Å². The molecule has 7 nitrogen and oxygen atoms in total. The Morgan fingerprint density at radius 1 is 1.24 bits per heavy atom. The van der Waals surface area contributed by atoms with E-state index in [2.05, 4.69) is 45.2 Å². The topological polar surface area (TPSA) is 96.1 Å². The molecular formula is C22H21N7. The van der Waals surface area contributed by atoms with Crippen LogP contribution in [0, 0.1) is 11.3 Å². The summed E-state index contributed by atoms with van der Waals surface area (Å²) in [5, 5.41) is 9.63. The number of anilines is 1. The zero-order chi connectivity index (χ0) is 20.4. The van der Waals surface area contributed by atoms with Crippen molar-refractivity contribution in [1.29, 1.82) is 5.26 Å². The van der Waals surface area contributed by atoms with E-state index in [1.54, 1.807) is 0 Å². The van der Waals surface area contributed by atoms with Crippen LogP contribution in [0.1, 0.15) is 23.2 Å². The van der Waals surface area contributed by atoms with Gasteiger partial charge in [0.25, 0.3) is 0 Å². The summed E-state index contributed by atoms with van der Waals surface area (Å²) in [6.45, 7) is 0.810. The van der Waals surface area contributed by atoms with E-state index >= 15 is 0 Å². The number of nitrogen functional groups attached to an aromatic ring is 1. The van der Waals surface area contributed by atoms with E-state index in [9.17, 15) is 5.26 Å². The summed E-state index contributed by atoms with van der Waals surface area (Å²) in [7, 11) is 4.06. The summed E-state index contributed by atoms with van der Waals surface area (Å²) in [5.41, 5.74) is 11.1. The monoisotopic (exact) mass is 383 g/mol. The van der Waals surface area contributed by atoms with Gasteiger partial charge in [0.1, 0.15) is 23.1 Å². The van der Waals surface area contributed by atoms with E-state index in [0.29, 0.717) is 11.3 Å². The van der Waals surface area contributed by atoms with Crippen molar-refractivity contribution in [1.82, 2.24) is 24.3 Å². The molecular weight excluding hydrogens is 362 g/mol. The first kappa shape index (κ1) is 18.6. The van der Waals surface area contributed by atoms with Gasteiger partial charge in [0.05, 0.1) is 17.5 Å². The first-order valence-corrected chi connectivity index (χ1v) is 9.29. The Labute approximate surface area is 169 Å². The minimum atomic E-state index is 0.121. The molecule has 1 aliphatic carbocycles. The summed E-state index contributed by atoms with van der Waals surface area (Å²) in [6, 6.07) is 6.29. The molecule has 3 heterocycles. The lowest BCUT2D eigenvalue weighted by Crippen LogP contribution is -2.10. The Hall–Kier alpha value is -3.76. The van der Waals surface area contributed by atoms with Crippen LogP contribution in [0.3, 0.4) is 0 Å². The smallest absolute Gasteiger partial charge is 0.220 e. The third-order valence-corrected chi connectivity index (χ3v) is 4.61. The first-order valence-electron chi connectivity index (χ1n) is 9.29. The molecule has 1 aliphatic rings. The molecule has 0 spiro atoms. The van der Waals surface area contributed by atoms with Gasteiger partial charge in [-0.15, -0.1) is 0 Å². The number of hydrogen-bond acceptors (Lipinski definition) is 6. The maximum absolute atomic E-state index is 9.63. The Morgan fingerprint density at radius 2 is 2.10 bits per heavy atom. The van der Waals surface area contributed by atoms with E-state index in [0.717, 1.165) is 41.1 Å². The molecule has 0 radical (unpaired) electrons. The number of nitrogens with zero attached hydrogens (tertiary/aromatic N) is 6. The highest BCUT2D eigenvalue weighted by Crippen LogP contribution is 2.32. The van der Waals surface area contributed by atoms with Crippen molar-refractivity contribution < 1.29 is 0 Å². The predicted molar refractivity (Wildman–Crippen MR) is 114 cm³/mol. The molecule has 0 saturated heterocycles. The van der Waals surface area contributed by atoms with Crippen LogP contribution >= 0.6 is 0 Å². The van der Waals surface area contributed by atoms with Crippen molar-refractivity contribution in [2.75, 3.05) is 19.8 Å². The fourth-order valence-corrected chi connectivity index (χ4v) is 3.39. The van der Waals surface area contributed by atoms with Crippen LogP contribution in [-0.4, -0.2) is 38.3 Å². The molecule has 0 saturated carbocycles. The quantitative estimate of drug-likeness (QED) is 0.743. The summed E-state index contributed by atoms with van der Waals surface area (Å²) >= 11 is 0. The van der Waals surface area contributed by atoms with Gasteiger partial charge in [-0.3, -0.25) is 4.40 Å². The third-order valence-electron chi connectivity index (χ3n) is 4.61. The Bertz CT molecular complexity index is 1210. The number of aromatic nitrogens is 4.